The summed E-state index contributed by atoms with van der Waals surface area (Å²) in [5.74, 6) is -0.410. The maximum absolute atomic E-state index is 11.3. The maximum Gasteiger partial charge on any atom is 0.356 e. The van der Waals surface area contributed by atoms with Crippen LogP contribution in [0.2, 0.25) is 10.0 Å². The molecule has 1 aromatic heterocycles. The van der Waals surface area contributed by atoms with E-state index in [1.54, 1.807) is 12.3 Å². The van der Waals surface area contributed by atoms with Crippen molar-refractivity contribution in [2.75, 3.05) is 0 Å². The second-order valence-electron chi connectivity index (χ2n) is 6.93. The summed E-state index contributed by atoms with van der Waals surface area (Å²) in [6.45, 7) is 0.325. The van der Waals surface area contributed by atoms with Crippen LogP contribution in [0.15, 0.2) is 54.9 Å². The van der Waals surface area contributed by atoms with Crippen LogP contribution in [0, 0.1) is 0 Å². The molecule has 0 fully saturated rings. The number of carboxylic acids is 1. The highest BCUT2D eigenvalue weighted by atomic mass is 35.5. The molecule has 7 heteroatoms. The number of benzene rings is 2. The quantitative estimate of drug-likeness (QED) is 0.496. The first-order valence-corrected chi connectivity index (χ1v) is 10.2. The number of allylic oxidation sites excluding steroid dienone is 2. The molecule has 1 aliphatic rings. The summed E-state index contributed by atoms with van der Waals surface area (Å²) in [5, 5.41) is 10.5. The first kappa shape index (κ1) is 20.4. The number of carboxylic acid groups (broad SMARTS) is 1. The smallest absolute Gasteiger partial charge is 0.356 e. The van der Waals surface area contributed by atoms with E-state index < -0.39 is 5.97 Å². The third kappa shape index (κ3) is 4.32. The standard InChI is InChI=1S/C23H18Cl2N2O3/c24-15-8-9-22(30-13-14-4-1-2-7-19(14)25)18(10-15)16-5-3-6-17(16)20-11-26-12-21(27-20)23(28)29/h1-2,4,7-12H,3,5-6,13H2,(H,28,29). The fourth-order valence-corrected chi connectivity index (χ4v) is 3.94. The van der Waals surface area contributed by atoms with Gasteiger partial charge in [0.2, 0.25) is 0 Å². The largest absolute Gasteiger partial charge is 0.488 e. The van der Waals surface area contributed by atoms with Crippen LogP contribution >= 0.6 is 23.2 Å². The van der Waals surface area contributed by atoms with Gasteiger partial charge in [-0.1, -0.05) is 41.4 Å². The number of aromatic nitrogens is 2. The van der Waals surface area contributed by atoms with Gasteiger partial charge >= 0.3 is 5.97 Å². The lowest BCUT2D eigenvalue weighted by molar-refractivity contribution is 0.0690. The highest BCUT2D eigenvalue weighted by Gasteiger charge is 2.23. The third-order valence-electron chi connectivity index (χ3n) is 4.99. The van der Waals surface area contributed by atoms with Crippen molar-refractivity contribution in [3.8, 4) is 5.75 Å². The van der Waals surface area contributed by atoms with Gasteiger partial charge in [0.1, 0.15) is 12.4 Å². The van der Waals surface area contributed by atoms with Gasteiger partial charge in [0, 0.05) is 21.2 Å². The molecule has 1 heterocycles. The van der Waals surface area contributed by atoms with Crippen LogP contribution in [0.4, 0.5) is 0 Å². The zero-order valence-electron chi connectivity index (χ0n) is 15.9. The molecule has 2 aromatic carbocycles. The van der Waals surface area contributed by atoms with Crippen molar-refractivity contribution >= 4 is 40.3 Å². The number of hydrogen-bond donors (Lipinski definition) is 1. The average Bonchev–Trinajstić information content (AvgIpc) is 3.24. The van der Waals surface area contributed by atoms with Crippen LogP contribution in [0.1, 0.15) is 46.6 Å². The maximum atomic E-state index is 11.3. The SMILES string of the molecule is O=C(O)c1cncc(C2=C(c3cc(Cl)ccc3OCc3ccccc3Cl)CCC2)n1. The molecule has 3 aromatic rings. The number of ether oxygens (including phenoxy) is 1. The number of hydrogen-bond acceptors (Lipinski definition) is 4. The topological polar surface area (TPSA) is 72.3 Å². The fourth-order valence-electron chi connectivity index (χ4n) is 3.57. The molecule has 1 aliphatic carbocycles. The molecule has 5 nitrogen and oxygen atoms in total. The van der Waals surface area contributed by atoms with Crippen molar-refractivity contribution in [1.29, 1.82) is 0 Å². The van der Waals surface area contributed by atoms with Gasteiger partial charge in [0.25, 0.3) is 0 Å². The fraction of sp³-hybridized carbons (Fsp3) is 0.174. The van der Waals surface area contributed by atoms with Crippen molar-refractivity contribution < 1.29 is 14.6 Å². The van der Waals surface area contributed by atoms with Gasteiger partial charge in [-0.3, -0.25) is 4.98 Å². The molecular weight excluding hydrogens is 423 g/mol. The lowest BCUT2D eigenvalue weighted by Gasteiger charge is -2.15. The molecule has 0 amide bonds. The van der Waals surface area contributed by atoms with Crippen LogP contribution in [0.5, 0.6) is 5.75 Å². The van der Waals surface area contributed by atoms with E-state index >= 15 is 0 Å². The normalized spacial score (nSPS) is 13.5. The van der Waals surface area contributed by atoms with Gasteiger partial charge in [-0.05, 0) is 54.7 Å². The molecule has 0 radical (unpaired) electrons. The Balaban J connectivity index is 1.72. The van der Waals surface area contributed by atoms with Crippen molar-refractivity contribution in [3.63, 3.8) is 0 Å². The molecule has 0 spiro atoms. The Bertz CT molecular complexity index is 1140. The Morgan fingerprint density at radius 2 is 1.87 bits per heavy atom. The average molecular weight is 441 g/mol. The second-order valence-corrected chi connectivity index (χ2v) is 7.77. The van der Waals surface area contributed by atoms with Crippen LogP contribution in [-0.4, -0.2) is 21.0 Å². The van der Waals surface area contributed by atoms with Crippen LogP contribution in [0.3, 0.4) is 0 Å². The van der Waals surface area contributed by atoms with E-state index in [0.717, 1.165) is 41.5 Å². The van der Waals surface area contributed by atoms with E-state index in [1.165, 1.54) is 6.20 Å². The van der Waals surface area contributed by atoms with Gasteiger partial charge in [0.05, 0.1) is 18.1 Å². The molecule has 4 rings (SSSR count). The lowest BCUT2D eigenvalue weighted by Crippen LogP contribution is -2.04. The summed E-state index contributed by atoms with van der Waals surface area (Å²) < 4.78 is 6.11. The first-order valence-electron chi connectivity index (χ1n) is 9.47. The third-order valence-corrected chi connectivity index (χ3v) is 5.59. The highest BCUT2D eigenvalue weighted by molar-refractivity contribution is 6.31. The van der Waals surface area contributed by atoms with Crippen LogP contribution < -0.4 is 4.74 Å². The second kappa shape index (κ2) is 8.86. The Hall–Kier alpha value is -2.89. The molecule has 0 aliphatic heterocycles. The number of halogens is 2. The van der Waals surface area contributed by atoms with E-state index in [1.807, 2.05) is 36.4 Å². The van der Waals surface area contributed by atoms with Crippen LogP contribution in [0.25, 0.3) is 11.1 Å². The van der Waals surface area contributed by atoms with Gasteiger partial charge in [-0.15, -0.1) is 0 Å². The van der Waals surface area contributed by atoms with Gasteiger partial charge in [-0.25, -0.2) is 9.78 Å². The monoisotopic (exact) mass is 440 g/mol. The number of carbonyl (C=O) groups is 1. The molecule has 30 heavy (non-hydrogen) atoms. The van der Waals surface area contributed by atoms with Gasteiger partial charge in [-0.2, -0.15) is 0 Å². The molecule has 0 saturated heterocycles. The lowest BCUT2D eigenvalue weighted by atomic mass is 9.99. The zero-order valence-corrected chi connectivity index (χ0v) is 17.5. The minimum absolute atomic E-state index is 0.0764. The Kier molecular flexibility index (Phi) is 6.02. The van der Waals surface area contributed by atoms with Crippen molar-refractivity contribution in [2.24, 2.45) is 0 Å². The number of aromatic carboxylic acids is 1. The summed E-state index contributed by atoms with van der Waals surface area (Å²) >= 11 is 12.5. The molecule has 0 bridgehead atoms. The summed E-state index contributed by atoms with van der Waals surface area (Å²) in [7, 11) is 0. The Morgan fingerprint density at radius 3 is 2.67 bits per heavy atom. The predicted octanol–water partition coefficient (Wildman–Crippen LogP) is 6.16. The molecular formula is C23H18Cl2N2O3. The number of nitrogens with zero attached hydrogens (tertiary/aromatic N) is 2. The predicted molar refractivity (Wildman–Crippen MR) is 117 cm³/mol. The first-order chi connectivity index (χ1) is 14.5. The van der Waals surface area contributed by atoms with E-state index in [4.69, 9.17) is 27.9 Å². The Morgan fingerprint density at radius 1 is 1.07 bits per heavy atom. The molecule has 152 valence electrons. The summed E-state index contributed by atoms with van der Waals surface area (Å²) in [5.41, 5.74) is 4.27. The molecule has 1 N–H and O–H groups in total. The van der Waals surface area contributed by atoms with E-state index in [-0.39, 0.29) is 5.69 Å². The van der Waals surface area contributed by atoms with Gasteiger partial charge in [0.15, 0.2) is 5.69 Å². The van der Waals surface area contributed by atoms with E-state index in [9.17, 15) is 9.90 Å². The molecule has 0 atom stereocenters. The minimum Gasteiger partial charge on any atom is -0.488 e. The van der Waals surface area contributed by atoms with Crippen molar-refractivity contribution in [3.05, 3.63) is 87.4 Å². The summed E-state index contributed by atoms with van der Waals surface area (Å²) in [6.07, 6.45) is 5.38. The van der Waals surface area contributed by atoms with E-state index in [2.05, 4.69) is 9.97 Å². The van der Waals surface area contributed by atoms with Crippen molar-refractivity contribution in [1.82, 2.24) is 9.97 Å². The van der Waals surface area contributed by atoms with Crippen molar-refractivity contribution in [2.45, 2.75) is 25.9 Å². The van der Waals surface area contributed by atoms with Gasteiger partial charge < -0.3 is 9.84 Å². The van der Waals surface area contributed by atoms with E-state index in [0.29, 0.717) is 28.1 Å². The van der Waals surface area contributed by atoms with Crippen LogP contribution in [-0.2, 0) is 6.61 Å². The summed E-state index contributed by atoms with van der Waals surface area (Å²) in [4.78, 5) is 19.6. The highest BCUT2D eigenvalue weighted by Crippen LogP contribution is 2.43. The molecule has 0 saturated carbocycles. The zero-order chi connectivity index (χ0) is 21.1. The molecule has 0 unspecified atom stereocenters. The Labute approximate surface area is 184 Å². The number of rotatable bonds is 6. The summed E-state index contributed by atoms with van der Waals surface area (Å²) in [6, 6.07) is 13.0. The minimum atomic E-state index is -1.10.